The predicted octanol–water partition coefficient (Wildman–Crippen LogP) is 2.66. The second kappa shape index (κ2) is 5.96. The number of hydrogen-bond donors (Lipinski definition) is 0. The maximum absolute atomic E-state index is 12.2. The van der Waals surface area contributed by atoms with Gasteiger partial charge in [-0.2, -0.15) is 0 Å². The molecule has 6 nitrogen and oxygen atoms in total. The second-order valence-electron chi connectivity index (χ2n) is 5.66. The third-order valence-electron chi connectivity index (χ3n) is 4.19. The Bertz CT molecular complexity index is 814. The van der Waals surface area contributed by atoms with Crippen molar-refractivity contribution >= 4 is 17.8 Å². The van der Waals surface area contributed by atoms with E-state index in [2.05, 4.69) is 0 Å². The first-order valence-corrected chi connectivity index (χ1v) is 7.60. The molecule has 0 atom stereocenters. The lowest BCUT2D eigenvalue weighted by Gasteiger charge is -2.13. The SMILES string of the molecule is Cc1oc(C)c(C(=O)OCCN2C(=O)c3ccccc3C2=O)c1C. The van der Waals surface area contributed by atoms with Gasteiger partial charge in [0.25, 0.3) is 11.8 Å². The number of furan rings is 1. The third-order valence-corrected chi connectivity index (χ3v) is 4.19. The molecule has 0 unspecified atom stereocenters. The Kier molecular flexibility index (Phi) is 3.97. The summed E-state index contributed by atoms with van der Waals surface area (Å²) in [6.07, 6.45) is 0. The molecule has 3 rings (SSSR count). The second-order valence-corrected chi connectivity index (χ2v) is 5.66. The molecule has 2 amide bonds. The van der Waals surface area contributed by atoms with Crippen LogP contribution in [-0.4, -0.2) is 35.8 Å². The number of amides is 2. The van der Waals surface area contributed by atoms with Crippen molar-refractivity contribution in [2.24, 2.45) is 0 Å². The first kappa shape index (κ1) is 16.0. The molecular formula is C18H17NO5. The maximum atomic E-state index is 12.2. The molecule has 1 aromatic carbocycles. The number of carbonyl (C=O) groups is 3. The molecule has 124 valence electrons. The molecule has 0 aliphatic carbocycles. The molecule has 2 aromatic rings. The smallest absolute Gasteiger partial charge is 0.342 e. The highest BCUT2D eigenvalue weighted by Gasteiger charge is 2.35. The van der Waals surface area contributed by atoms with E-state index in [0.717, 1.165) is 10.5 Å². The highest BCUT2D eigenvalue weighted by molar-refractivity contribution is 6.21. The summed E-state index contributed by atoms with van der Waals surface area (Å²) in [6, 6.07) is 6.64. The van der Waals surface area contributed by atoms with Crippen LogP contribution < -0.4 is 0 Å². The van der Waals surface area contributed by atoms with Gasteiger partial charge in [-0.15, -0.1) is 0 Å². The zero-order valence-electron chi connectivity index (χ0n) is 13.7. The van der Waals surface area contributed by atoms with Gasteiger partial charge in [0.15, 0.2) is 0 Å². The fraction of sp³-hybridized carbons (Fsp3) is 0.278. The normalized spacial score (nSPS) is 13.4. The average molecular weight is 327 g/mol. The van der Waals surface area contributed by atoms with Gasteiger partial charge in [-0.1, -0.05) is 12.1 Å². The lowest BCUT2D eigenvalue weighted by atomic mass is 10.1. The third kappa shape index (κ3) is 2.50. The van der Waals surface area contributed by atoms with E-state index in [1.807, 2.05) is 0 Å². The first-order chi connectivity index (χ1) is 11.4. The van der Waals surface area contributed by atoms with Crippen LogP contribution in [0.15, 0.2) is 28.7 Å². The summed E-state index contributed by atoms with van der Waals surface area (Å²) >= 11 is 0. The Labute approximate surface area is 139 Å². The van der Waals surface area contributed by atoms with Gasteiger partial charge in [-0.05, 0) is 32.9 Å². The van der Waals surface area contributed by atoms with Crippen LogP contribution in [0, 0.1) is 20.8 Å². The van der Waals surface area contributed by atoms with Crippen LogP contribution in [0.3, 0.4) is 0 Å². The van der Waals surface area contributed by atoms with Crippen LogP contribution in [0.5, 0.6) is 0 Å². The average Bonchev–Trinajstić information content (AvgIpc) is 2.95. The van der Waals surface area contributed by atoms with E-state index in [0.29, 0.717) is 28.2 Å². The maximum Gasteiger partial charge on any atom is 0.342 e. The molecule has 6 heteroatoms. The van der Waals surface area contributed by atoms with Gasteiger partial charge in [0.05, 0.1) is 17.7 Å². The van der Waals surface area contributed by atoms with Crippen LogP contribution in [-0.2, 0) is 4.74 Å². The van der Waals surface area contributed by atoms with Crippen molar-refractivity contribution in [2.45, 2.75) is 20.8 Å². The number of nitrogens with zero attached hydrogens (tertiary/aromatic N) is 1. The molecule has 0 saturated carbocycles. The van der Waals surface area contributed by atoms with Gasteiger partial charge in [-0.25, -0.2) is 4.79 Å². The minimum atomic E-state index is -0.515. The van der Waals surface area contributed by atoms with Crippen LogP contribution in [0.4, 0.5) is 0 Å². The van der Waals surface area contributed by atoms with E-state index in [-0.39, 0.29) is 25.0 Å². The molecule has 0 radical (unpaired) electrons. The number of rotatable bonds is 4. The number of hydrogen-bond acceptors (Lipinski definition) is 5. The monoisotopic (exact) mass is 327 g/mol. The molecule has 0 saturated heterocycles. The standard InChI is InChI=1S/C18H17NO5/c1-10-11(2)24-12(3)15(10)18(22)23-9-8-19-16(20)13-6-4-5-7-14(13)17(19)21/h4-7H,8-9H2,1-3H3. The van der Waals surface area contributed by atoms with Gasteiger partial charge in [0.2, 0.25) is 0 Å². The van der Waals surface area contributed by atoms with E-state index in [1.54, 1.807) is 45.0 Å². The minimum Gasteiger partial charge on any atom is -0.465 e. The number of ether oxygens (including phenoxy) is 1. The van der Waals surface area contributed by atoms with Crippen molar-refractivity contribution in [1.29, 1.82) is 0 Å². The van der Waals surface area contributed by atoms with E-state index in [1.165, 1.54) is 0 Å². The lowest BCUT2D eigenvalue weighted by molar-refractivity contribution is 0.0418. The molecular weight excluding hydrogens is 310 g/mol. The number of imide groups is 1. The summed E-state index contributed by atoms with van der Waals surface area (Å²) in [7, 11) is 0. The summed E-state index contributed by atoms with van der Waals surface area (Å²) in [5.74, 6) is -0.0784. The number of carbonyl (C=O) groups excluding carboxylic acids is 3. The van der Waals surface area contributed by atoms with Gasteiger partial charge in [0.1, 0.15) is 23.7 Å². The molecule has 1 aromatic heterocycles. The van der Waals surface area contributed by atoms with Gasteiger partial charge in [-0.3, -0.25) is 14.5 Å². The van der Waals surface area contributed by atoms with Gasteiger partial charge in [0, 0.05) is 5.56 Å². The number of esters is 1. The number of aryl methyl sites for hydroxylation is 2. The fourth-order valence-electron chi connectivity index (χ4n) is 2.84. The van der Waals surface area contributed by atoms with Gasteiger partial charge >= 0.3 is 5.97 Å². The summed E-state index contributed by atoms with van der Waals surface area (Å²) in [6.45, 7) is 5.21. The van der Waals surface area contributed by atoms with Crippen molar-refractivity contribution < 1.29 is 23.5 Å². The molecule has 0 fully saturated rings. The summed E-state index contributed by atoms with van der Waals surface area (Å²) in [4.78, 5) is 37.7. The van der Waals surface area contributed by atoms with Crippen LogP contribution in [0.1, 0.15) is 48.2 Å². The van der Waals surface area contributed by atoms with Crippen LogP contribution in [0.25, 0.3) is 0 Å². The summed E-state index contributed by atoms with van der Waals surface area (Å²) < 4.78 is 10.6. The molecule has 0 N–H and O–H groups in total. The zero-order chi connectivity index (χ0) is 17.4. The number of benzene rings is 1. The van der Waals surface area contributed by atoms with E-state index in [4.69, 9.17) is 9.15 Å². The van der Waals surface area contributed by atoms with Crippen molar-refractivity contribution in [3.63, 3.8) is 0 Å². The Hall–Kier alpha value is -2.89. The van der Waals surface area contributed by atoms with Crippen molar-refractivity contribution in [2.75, 3.05) is 13.2 Å². The molecule has 0 bridgehead atoms. The van der Waals surface area contributed by atoms with E-state index in [9.17, 15) is 14.4 Å². The minimum absolute atomic E-state index is 0.0208. The van der Waals surface area contributed by atoms with Crippen molar-refractivity contribution in [3.8, 4) is 0 Å². The molecule has 0 spiro atoms. The Morgan fingerprint density at radius 1 is 1.04 bits per heavy atom. The quantitative estimate of drug-likeness (QED) is 0.637. The molecule has 1 aliphatic heterocycles. The summed E-state index contributed by atoms with van der Waals surface area (Å²) in [5.41, 5.74) is 1.89. The van der Waals surface area contributed by atoms with Crippen molar-refractivity contribution in [3.05, 3.63) is 58.0 Å². The first-order valence-electron chi connectivity index (χ1n) is 7.60. The molecule has 24 heavy (non-hydrogen) atoms. The number of fused-ring (bicyclic) bond motifs is 1. The Morgan fingerprint density at radius 3 is 2.12 bits per heavy atom. The Balaban J connectivity index is 1.65. The Morgan fingerprint density at radius 2 is 1.62 bits per heavy atom. The fourth-order valence-corrected chi connectivity index (χ4v) is 2.84. The highest BCUT2D eigenvalue weighted by Crippen LogP contribution is 2.23. The van der Waals surface area contributed by atoms with Crippen molar-refractivity contribution in [1.82, 2.24) is 4.90 Å². The molecule has 1 aliphatic rings. The highest BCUT2D eigenvalue weighted by atomic mass is 16.5. The van der Waals surface area contributed by atoms with Crippen LogP contribution in [0.2, 0.25) is 0 Å². The predicted molar refractivity (Wildman–Crippen MR) is 85.0 cm³/mol. The van der Waals surface area contributed by atoms with Crippen LogP contribution >= 0.6 is 0 Å². The van der Waals surface area contributed by atoms with E-state index < -0.39 is 5.97 Å². The lowest BCUT2D eigenvalue weighted by Crippen LogP contribution is -2.33. The van der Waals surface area contributed by atoms with E-state index >= 15 is 0 Å². The summed E-state index contributed by atoms with van der Waals surface area (Å²) in [5, 5.41) is 0. The zero-order valence-corrected chi connectivity index (χ0v) is 13.7. The largest absolute Gasteiger partial charge is 0.465 e. The van der Waals surface area contributed by atoms with Gasteiger partial charge < -0.3 is 9.15 Å². The topological polar surface area (TPSA) is 76.8 Å². The molecule has 2 heterocycles.